The standard InChI is InChI=1S/C8H14N2O4/c1-2-4-9-8(14)10-5-3-6(11)7(12)13/h2,6,11H,1,3-5H2,(H,12,13)(H2,9,10,14). The number of aliphatic hydroxyl groups excluding tert-OH is 1. The van der Waals surface area contributed by atoms with Crippen molar-refractivity contribution in [2.75, 3.05) is 13.1 Å². The van der Waals surface area contributed by atoms with E-state index in [2.05, 4.69) is 17.2 Å². The molecule has 0 aliphatic rings. The van der Waals surface area contributed by atoms with Gasteiger partial charge in [-0.05, 0) is 0 Å². The molecule has 0 radical (unpaired) electrons. The Hall–Kier alpha value is -1.56. The van der Waals surface area contributed by atoms with E-state index in [-0.39, 0.29) is 13.0 Å². The Morgan fingerprint density at radius 2 is 2.07 bits per heavy atom. The molecule has 0 saturated carbocycles. The maximum absolute atomic E-state index is 10.9. The predicted molar refractivity (Wildman–Crippen MR) is 49.9 cm³/mol. The number of carbonyl (C=O) groups is 2. The van der Waals surface area contributed by atoms with Gasteiger partial charge in [-0.3, -0.25) is 0 Å². The Kier molecular flexibility index (Phi) is 6.13. The van der Waals surface area contributed by atoms with Gasteiger partial charge in [0.25, 0.3) is 0 Å². The van der Waals surface area contributed by atoms with Crippen LogP contribution in [0.25, 0.3) is 0 Å². The molecule has 0 aliphatic carbocycles. The Morgan fingerprint density at radius 1 is 1.43 bits per heavy atom. The van der Waals surface area contributed by atoms with Gasteiger partial charge in [-0.2, -0.15) is 0 Å². The van der Waals surface area contributed by atoms with Crippen LogP contribution in [0.15, 0.2) is 12.7 Å². The lowest BCUT2D eigenvalue weighted by Gasteiger charge is -2.07. The highest BCUT2D eigenvalue weighted by molar-refractivity contribution is 5.74. The van der Waals surface area contributed by atoms with Gasteiger partial charge in [-0.15, -0.1) is 6.58 Å². The number of aliphatic hydroxyl groups is 1. The largest absolute Gasteiger partial charge is 0.479 e. The molecular weight excluding hydrogens is 188 g/mol. The van der Waals surface area contributed by atoms with Crippen LogP contribution in [0.3, 0.4) is 0 Å². The Bertz CT molecular complexity index is 217. The molecule has 0 aromatic rings. The molecule has 1 unspecified atom stereocenters. The van der Waals surface area contributed by atoms with Gasteiger partial charge in [0.1, 0.15) is 0 Å². The summed E-state index contributed by atoms with van der Waals surface area (Å²) >= 11 is 0. The van der Waals surface area contributed by atoms with E-state index in [9.17, 15) is 9.59 Å². The van der Waals surface area contributed by atoms with E-state index in [1.165, 1.54) is 6.08 Å². The van der Waals surface area contributed by atoms with Crippen molar-refractivity contribution in [1.29, 1.82) is 0 Å². The number of urea groups is 1. The minimum Gasteiger partial charge on any atom is -0.479 e. The molecule has 2 amide bonds. The minimum absolute atomic E-state index is 0.0170. The molecule has 1 atom stereocenters. The molecule has 6 nitrogen and oxygen atoms in total. The molecule has 0 fully saturated rings. The smallest absolute Gasteiger partial charge is 0.332 e. The van der Waals surface area contributed by atoms with Crippen LogP contribution in [0, 0.1) is 0 Å². The average molecular weight is 202 g/mol. The van der Waals surface area contributed by atoms with Crippen molar-refractivity contribution in [2.45, 2.75) is 12.5 Å². The third-order valence-corrected chi connectivity index (χ3v) is 1.40. The Balaban J connectivity index is 3.48. The Labute approximate surface area is 81.6 Å². The average Bonchev–Trinajstić information content (AvgIpc) is 2.14. The van der Waals surface area contributed by atoms with Crippen LogP contribution >= 0.6 is 0 Å². The number of rotatable bonds is 6. The normalized spacial score (nSPS) is 11.5. The van der Waals surface area contributed by atoms with Crippen molar-refractivity contribution in [1.82, 2.24) is 10.6 Å². The quantitative estimate of drug-likeness (QED) is 0.428. The van der Waals surface area contributed by atoms with Crippen molar-refractivity contribution in [2.24, 2.45) is 0 Å². The van der Waals surface area contributed by atoms with Gasteiger partial charge in [0.15, 0.2) is 6.10 Å². The first-order chi connectivity index (χ1) is 6.57. The monoisotopic (exact) mass is 202 g/mol. The van der Waals surface area contributed by atoms with E-state index >= 15 is 0 Å². The summed E-state index contributed by atoms with van der Waals surface area (Å²) in [5.74, 6) is -1.29. The summed E-state index contributed by atoms with van der Waals surface area (Å²) in [4.78, 5) is 21.0. The summed E-state index contributed by atoms with van der Waals surface area (Å²) in [5.41, 5.74) is 0. The first-order valence-corrected chi connectivity index (χ1v) is 4.11. The van der Waals surface area contributed by atoms with Crippen molar-refractivity contribution in [3.05, 3.63) is 12.7 Å². The SMILES string of the molecule is C=CCNC(=O)NCCC(O)C(=O)O. The van der Waals surface area contributed by atoms with Gasteiger partial charge in [-0.1, -0.05) is 6.08 Å². The van der Waals surface area contributed by atoms with Crippen molar-refractivity contribution in [3.63, 3.8) is 0 Å². The molecule has 0 spiro atoms. The fourth-order valence-electron chi connectivity index (χ4n) is 0.673. The summed E-state index contributed by atoms with van der Waals surface area (Å²) < 4.78 is 0. The lowest BCUT2D eigenvalue weighted by Crippen LogP contribution is -2.37. The minimum atomic E-state index is -1.44. The van der Waals surface area contributed by atoms with Crippen LogP contribution in [-0.4, -0.2) is 41.4 Å². The summed E-state index contributed by atoms with van der Waals surface area (Å²) in [6.07, 6.45) is 0.0670. The molecule has 0 heterocycles. The molecule has 0 bridgehead atoms. The van der Waals surface area contributed by atoms with Crippen LogP contribution in [0.4, 0.5) is 4.79 Å². The van der Waals surface area contributed by atoms with Gasteiger partial charge < -0.3 is 20.8 Å². The third kappa shape index (κ3) is 6.01. The maximum atomic E-state index is 10.9. The van der Waals surface area contributed by atoms with Gasteiger partial charge in [0, 0.05) is 19.5 Å². The summed E-state index contributed by atoms with van der Waals surface area (Å²) in [7, 11) is 0. The topological polar surface area (TPSA) is 98.7 Å². The fourth-order valence-corrected chi connectivity index (χ4v) is 0.673. The number of aliphatic carboxylic acids is 1. The van der Waals surface area contributed by atoms with Crippen molar-refractivity contribution in [3.8, 4) is 0 Å². The third-order valence-electron chi connectivity index (χ3n) is 1.40. The van der Waals surface area contributed by atoms with Crippen LogP contribution in [-0.2, 0) is 4.79 Å². The maximum Gasteiger partial charge on any atom is 0.332 e. The first-order valence-electron chi connectivity index (χ1n) is 4.11. The summed E-state index contributed by atoms with van der Waals surface area (Å²) in [6.45, 7) is 3.85. The zero-order valence-corrected chi connectivity index (χ0v) is 7.69. The van der Waals surface area contributed by atoms with Crippen molar-refractivity contribution >= 4 is 12.0 Å². The summed E-state index contributed by atoms with van der Waals surface area (Å²) in [5, 5.41) is 21.9. The molecule has 0 aliphatic heterocycles. The molecule has 0 aromatic carbocycles. The van der Waals surface area contributed by atoms with Crippen LogP contribution in [0.2, 0.25) is 0 Å². The molecule has 80 valence electrons. The molecule has 14 heavy (non-hydrogen) atoms. The van der Waals surface area contributed by atoms with E-state index in [0.29, 0.717) is 6.54 Å². The zero-order chi connectivity index (χ0) is 11.0. The molecule has 4 N–H and O–H groups in total. The second-order valence-electron chi connectivity index (χ2n) is 2.57. The number of nitrogens with one attached hydrogen (secondary N) is 2. The van der Waals surface area contributed by atoms with Crippen LogP contribution in [0.5, 0.6) is 0 Å². The number of hydrogen-bond donors (Lipinski definition) is 4. The van der Waals surface area contributed by atoms with E-state index in [1.54, 1.807) is 0 Å². The first kappa shape index (κ1) is 12.4. The van der Waals surface area contributed by atoms with Gasteiger partial charge >= 0.3 is 12.0 Å². The lowest BCUT2D eigenvalue weighted by molar-refractivity contribution is -0.146. The highest BCUT2D eigenvalue weighted by Crippen LogP contribution is 1.88. The second kappa shape index (κ2) is 6.90. The number of carbonyl (C=O) groups excluding carboxylic acids is 1. The molecule has 0 saturated heterocycles. The molecular formula is C8H14N2O4. The van der Waals surface area contributed by atoms with Crippen LogP contribution in [0.1, 0.15) is 6.42 Å². The number of carboxylic acids is 1. The van der Waals surface area contributed by atoms with Crippen LogP contribution < -0.4 is 10.6 Å². The van der Waals surface area contributed by atoms with Gasteiger partial charge in [0.2, 0.25) is 0 Å². The molecule has 0 rings (SSSR count). The van der Waals surface area contributed by atoms with E-state index in [0.717, 1.165) is 0 Å². The second-order valence-corrected chi connectivity index (χ2v) is 2.57. The van der Waals surface area contributed by atoms with Gasteiger partial charge in [-0.25, -0.2) is 9.59 Å². The predicted octanol–water partition coefficient (Wildman–Crippen LogP) is -0.693. The lowest BCUT2D eigenvalue weighted by atomic mass is 10.2. The molecule has 0 aromatic heterocycles. The highest BCUT2D eigenvalue weighted by atomic mass is 16.4. The zero-order valence-electron chi connectivity index (χ0n) is 7.69. The van der Waals surface area contributed by atoms with E-state index in [4.69, 9.17) is 10.2 Å². The van der Waals surface area contributed by atoms with Gasteiger partial charge in [0.05, 0.1) is 0 Å². The van der Waals surface area contributed by atoms with Crippen molar-refractivity contribution < 1.29 is 19.8 Å². The summed E-state index contributed by atoms with van der Waals surface area (Å²) in [6, 6.07) is -0.414. The number of hydrogen-bond acceptors (Lipinski definition) is 3. The Morgan fingerprint density at radius 3 is 2.57 bits per heavy atom. The van der Waals surface area contributed by atoms with E-state index in [1.807, 2.05) is 0 Å². The van der Waals surface area contributed by atoms with E-state index < -0.39 is 18.1 Å². The highest BCUT2D eigenvalue weighted by Gasteiger charge is 2.12. The number of amides is 2. The number of carboxylic acid groups (broad SMARTS) is 1. The fraction of sp³-hybridized carbons (Fsp3) is 0.500. The molecule has 6 heteroatoms.